The molecule has 56 heavy (non-hydrogen) atoms. The predicted molar refractivity (Wildman–Crippen MR) is 199 cm³/mol. The third-order valence-corrected chi connectivity index (χ3v) is 14.5. The molecule has 1 saturated heterocycles. The van der Waals surface area contributed by atoms with E-state index in [4.69, 9.17) is 28.4 Å². The van der Waals surface area contributed by atoms with E-state index in [0.717, 1.165) is 64.0 Å². The summed E-state index contributed by atoms with van der Waals surface area (Å²) >= 11 is 0. The molecule has 0 aromatic rings. The van der Waals surface area contributed by atoms with Gasteiger partial charge in [0.2, 0.25) is 18.2 Å². The summed E-state index contributed by atoms with van der Waals surface area (Å²) in [6.45, 7) is 17.1. The average Bonchev–Trinajstić information content (AvgIpc) is 3.10. The van der Waals surface area contributed by atoms with Crippen LogP contribution in [-0.2, 0) is 57.2 Å². The number of carbonyl (C=O) groups excluding carboxylic acids is 6. The van der Waals surface area contributed by atoms with Gasteiger partial charge in [0, 0.05) is 38.7 Å². The lowest BCUT2D eigenvalue weighted by Crippen LogP contribution is -2.64. The number of rotatable bonds is 7. The second-order valence-electron chi connectivity index (χ2n) is 18.1. The van der Waals surface area contributed by atoms with Crippen molar-refractivity contribution in [1.29, 1.82) is 0 Å². The van der Waals surface area contributed by atoms with Gasteiger partial charge in [0.15, 0.2) is 18.0 Å². The molecule has 4 fully saturated rings. The predicted octanol–water partition coefficient (Wildman–Crippen LogP) is 6.24. The zero-order valence-corrected chi connectivity index (χ0v) is 34.2. The fourth-order valence-electron chi connectivity index (χ4n) is 11.2. The SMILES string of the molecule is CC(=O)OCC1OC(OC(=O)[C@]2(C)CC[C@]3(C)CCC4(C)C5=CC=C6C(=CC(=O)C(O)=C6C)[C@]5(C)CC[C@@]4(C)C3C2)C(OC(C)=O)C(OC(C)=O)C1OC(C)=O. The van der Waals surface area contributed by atoms with Crippen LogP contribution < -0.4 is 0 Å². The van der Waals surface area contributed by atoms with Gasteiger partial charge in [-0.25, -0.2) is 0 Å². The van der Waals surface area contributed by atoms with Gasteiger partial charge >= 0.3 is 29.8 Å². The lowest BCUT2D eigenvalue weighted by molar-refractivity contribution is -0.303. The molecule has 0 amide bonds. The number of aliphatic hydroxyl groups is 1. The van der Waals surface area contributed by atoms with Gasteiger partial charge in [-0.2, -0.15) is 0 Å². The first kappa shape index (κ1) is 41.4. The van der Waals surface area contributed by atoms with Gasteiger partial charge in [-0.1, -0.05) is 45.4 Å². The molecule has 6 aliphatic rings. The van der Waals surface area contributed by atoms with E-state index in [1.54, 1.807) is 13.0 Å². The highest BCUT2D eigenvalue weighted by Gasteiger charge is 2.68. The molecule has 0 spiro atoms. The number of fused-ring (bicyclic) bond motifs is 7. The van der Waals surface area contributed by atoms with Crippen molar-refractivity contribution in [1.82, 2.24) is 0 Å². The van der Waals surface area contributed by atoms with Crippen molar-refractivity contribution < 1.29 is 62.3 Å². The summed E-state index contributed by atoms with van der Waals surface area (Å²) in [5.74, 6) is -4.07. The normalized spacial score (nSPS) is 40.2. The van der Waals surface area contributed by atoms with E-state index in [9.17, 15) is 33.9 Å². The van der Waals surface area contributed by atoms with E-state index in [1.807, 2.05) is 13.0 Å². The number of ether oxygens (including phenoxy) is 6. The van der Waals surface area contributed by atoms with Crippen molar-refractivity contribution in [2.24, 2.45) is 33.0 Å². The van der Waals surface area contributed by atoms with Crippen LogP contribution in [0.15, 0.2) is 46.3 Å². The van der Waals surface area contributed by atoms with Crippen LogP contribution in [-0.4, -0.2) is 78.0 Å². The topological polar surface area (TPSA) is 178 Å². The van der Waals surface area contributed by atoms with Crippen molar-refractivity contribution in [2.45, 2.75) is 145 Å². The Balaban J connectivity index is 1.32. The maximum Gasteiger partial charge on any atom is 0.314 e. The molecule has 0 aromatic carbocycles. The molecule has 306 valence electrons. The molecular weight excluding hydrogens is 724 g/mol. The molecule has 0 aromatic heterocycles. The minimum Gasteiger partial charge on any atom is -0.504 e. The van der Waals surface area contributed by atoms with Crippen molar-refractivity contribution >= 4 is 35.6 Å². The largest absolute Gasteiger partial charge is 0.504 e. The van der Waals surface area contributed by atoms with Crippen LogP contribution >= 0.6 is 0 Å². The average molecular weight is 781 g/mol. The first-order valence-corrected chi connectivity index (χ1v) is 19.6. The third kappa shape index (κ3) is 6.71. The Bertz CT molecular complexity index is 1870. The standard InChI is InChI=1S/C43H56O13/c1-22-27-11-12-31-41(8,28(27)19-29(48)33(22)49)16-18-43(10)32-20-40(7,14-13-39(32,6)15-17-42(31,43)9)38(50)56-37-36(54-26(5)47)35(53-25(4)46)34(52-24(3)45)30(55-37)21-51-23(2)44/h11-12,19,30,32,34-37,49H,13-18,20-21H2,1-10H3/t30?,32?,34?,35?,36?,37?,39-,40-,41+,42?,43+/m1/s1. The maximum absolute atomic E-state index is 14.6. The van der Waals surface area contributed by atoms with Crippen molar-refractivity contribution in [3.63, 3.8) is 0 Å². The fraction of sp³-hybridized carbons (Fsp3) is 0.674. The summed E-state index contributed by atoms with van der Waals surface area (Å²) < 4.78 is 34.1. The molecule has 3 saturated carbocycles. The smallest absolute Gasteiger partial charge is 0.314 e. The number of hydrogen-bond acceptors (Lipinski definition) is 13. The van der Waals surface area contributed by atoms with Crippen LogP contribution in [0.4, 0.5) is 0 Å². The van der Waals surface area contributed by atoms with Crippen molar-refractivity contribution in [3.05, 3.63) is 46.3 Å². The molecule has 13 heteroatoms. The molecule has 0 bridgehead atoms. The fourth-order valence-corrected chi connectivity index (χ4v) is 11.2. The third-order valence-electron chi connectivity index (χ3n) is 14.5. The summed E-state index contributed by atoms with van der Waals surface area (Å²) in [4.78, 5) is 76.3. The van der Waals surface area contributed by atoms with Crippen LogP contribution in [0.2, 0.25) is 0 Å². The summed E-state index contributed by atoms with van der Waals surface area (Å²) in [5.41, 5.74) is 1.70. The molecule has 5 aliphatic carbocycles. The number of allylic oxidation sites excluding steroid dienone is 7. The van der Waals surface area contributed by atoms with Gasteiger partial charge in [-0.15, -0.1) is 0 Å². The monoisotopic (exact) mass is 780 g/mol. The molecule has 11 atom stereocenters. The van der Waals surface area contributed by atoms with E-state index >= 15 is 0 Å². The number of ketones is 1. The molecule has 1 N–H and O–H groups in total. The number of carbonyl (C=O) groups is 6. The van der Waals surface area contributed by atoms with Crippen molar-refractivity contribution in [3.8, 4) is 0 Å². The Morgan fingerprint density at radius 2 is 1.38 bits per heavy atom. The Morgan fingerprint density at radius 1 is 0.768 bits per heavy atom. The van der Waals surface area contributed by atoms with Crippen LogP contribution in [0, 0.1) is 33.0 Å². The molecule has 7 unspecified atom stereocenters. The van der Waals surface area contributed by atoms with Crippen LogP contribution in [0.1, 0.15) is 114 Å². The van der Waals surface area contributed by atoms with E-state index in [2.05, 4.69) is 33.8 Å². The summed E-state index contributed by atoms with van der Waals surface area (Å²) in [5, 5.41) is 10.5. The molecule has 6 rings (SSSR count). The van der Waals surface area contributed by atoms with E-state index < -0.39 is 78.0 Å². The van der Waals surface area contributed by atoms with Gasteiger partial charge in [0.05, 0.1) is 5.41 Å². The molecule has 1 aliphatic heterocycles. The van der Waals surface area contributed by atoms with Gasteiger partial charge in [-0.05, 0) is 98.2 Å². The zero-order valence-electron chi connectivity index (χ0n) is 34.2. The van der Waals surface area contributed by atoms with Gasteiger partial charge in [0.1, 0.15) is 12.7 Å². The lowest BCUT2D eigenvalue weighted by atomic mass is 9.34. The van der Waals surface area contributed by atoms with Crippen LogP contribution in [0.5, 0.6) is 0 Å². The Kier molecular flexibility index (Phi) is 10.6. The Labute approximate surface area is 328 Å². The van der Waals surface area contributed by atoms with Crippen molar-refractivity contribution in [2.75, 3.05) is 6.61 Å². The van der Waals surface area contributed by atoms with Crippen LogP contribution in [0.3, 0.4) is 0 Å². The zero-order chi connectivity index (χ0) is 41.3. The number of aliphatic hydroxyl groups excluding tert-OH is 1. The highest BCUT2D eigenvalue weighted by molar-refractivity contribution is 6.06. The minimum absolute atomic E-state index is 0.0718. The summed E-state index contributed by atoms with van der Waals surface area (Å²) in [7, 11) is 0. The second kappa shape index (κ2) is 14.3. The van der Waals surface area contributed by atoms with Crippen LogP contribution in [0.25, 0.3) is 0 Å². The van der Waals surface area contributed by atoms with Gasteiger partial charge < -0.3 is 33.5 Å². The maximum atomic E-state index is 14.6. The van der Waals surface area contributed by atoms with Gasteiger partial charge in [-0.3, -0.25) is 28.8 Å². The quantitative estimate of drug-likeness (QED) is 0.227. The molecule has 13 nitrogen and oxygen atoms in total. The second-order valence-corrected chi connectivity index (χ2v) is 18.1. The van der Waals surface area contributed by atoms with E-state index in [0.29, 0.717) is 18.4 Å². The Hall–Kier alpha value is -4.26. The van der Waals surface area contributed by atoms with E-state index in [-0.39, 0.29) is 33.7 Å². The first-order valence-electron chi connectivity index (χ1n) is 19.6. The number of esters is 5. The highest BCUT2D eigenvalue weighted by Crippen LogP contribution is 2.75. The summed E-state index contributed by atoms with van der Waals surface area (Å²) in [6, 6.07) is 0. The van der Waals surface area contributed by atoms with E-state index in [1.165, 1.54) is 12.5 Å². The molecule has 0 radical (unpaired) electrons. The highest BCUT2D eigenvalue weighted by atomic mass is 16.7. The molecule has 1 heterocycles. The minimum atomic E-state index is -1.60. The Morgan fingerprint density at radius 3 is 2.00 bits per heavy atom. The molecular formula is C43H56O13. The van der Waals surface area contributed by atoms with Gasteiger partial charge in [0.25, 0.3) is 0 Å². The summed E-state index contributed by atoms with van der Waals surface area (Å²) in [6.07, 6.45) is 3.97. The number of hydrogen-bond donors (Lipinski definition) is 1. The first-order chi connectivity index (χ1) is 26.0. The lowest BCUT2D eigenvalue weighted by Gasteiger charge is -2.70.